The summed E-state index contributed by atoms with van der Waals surface area (Å²) >= 11 is 0. The second-order valence-electron chi connectivity index (χ2n) is 9.38. The highest BCUT2D eigenvalue weighted by atomic mass is 16.5. The fourth-order valence-corrected chi connectivity index (χ4v) is 5.47. The largest absolute Gasteiger partial charge is 0.463 e. The van der Waals surface area contributed by atoms with Crippen LogP contribution in [-0.4, -0.2) is 0 Å². The molecule has 0 unspecified atom stereocenters. The van der Waals surface area contributed by atoms with Gasteiger partial charge in [0, 0.05) is 33.2 Å². The van der Waals surface area contributed by atoms with Crippen LogP contribution in [0.3, 0.4) is 0 Å². The van der Waals surface area contributed by atoms with Gasteiger partial charge in [0.25, 0.3) is 0 Å². The standard InChI is InChI=1S/C34H25NO2/c1-4-12-24(13-5-1)32-29-22-25(20-21-26(29)23-36-32)33-35-31-19-11-10-18-30(31)34(37-33,27-14-6-2-7-15-27)28-16-8-3-9-17-28/h1-23,33,35H/t33-/m1/s1. The summed E-state index contributed by atoms with van der Waals surface area (Å²) in [5.74, 6) is 0.867. The van der Waals surface area contributed by atoms with Crippen molar-refractivity contribution >= 4 is 16.5 Å². The molecular weight excluding hydrogens is 454 g/mol. The van der Waals surface area contributed by atoms with E-state index in [0.717, 1.165) is 50.0 Å². The lowest BCUT2D eigenvalue weighted by Crippen LogP contribution is -2.40. The molecule has 3 nitrogen and oxygen atoms in total. The van der Waals surface area contributed by atoms with Gasteiger partial charge in [0.05, 0.1) is 6.26 Å². The number of anilines is 1. The summed E-state index contributed by atoms with van der Waals surface area (Å²) in [7, 11) is 0. The topological polar surface area (TPSA) is 34.4 Å². The molecule has 1 atom stereocenters. The molecular formula is C34H25NO2. The third-order valence-corrected chi connectivity index (χ3v) is 7.21. The average Bonchev–Trinajstić information content (AvgIpc) is 3.41. The number of benzene rings is 5. The number of fused-ring (bicyclic) bond motifs is 2. The van der Waals surface area contributed by atoms with E-state index in [-0.39, 0.29) is 6.23 Å². The van der Waals surface area contributed by atoms with Crippen LogP contribution in [-0.2, 0) is 10.3 Å². The molecule has 1 N–H and O–H groups in total. The first kappa shape index (κ1) is 21.7. The van der Waals surface area contributed by atoms with E-state index in [9.17, 15) is 0 Å². The molecule has 0 saturated heterocycles. The van der Waals surface area contributed by atoms with Gasteiger partial charge < -0.3 is 14.5 Å². The summed E-state index contributed by atoms with van der Waals surface area (Å²) in [6, 6.07) is 46.1. The van der Waals surface area contributed by atoms with E-state index in [0.29, 0.717) is 0 Å². The van der Waals surface area contributed by atoms with E-state index >= 15 is 0 Å². The molecule has 0 radical (unpaired) electrons. The second-order valence-corrected chi connectivity index (χ2v) is 9.38. The summed E-state index contributed by atoms with van der Waals surface area (Å²) in [4.78, 5) is 0. The predicted octanol–water partition coefficient (Wildman–Crippen LogP) is 8.53. The first-order chi connectivity index (χ1) is 18.3. The molecule has 1 aromatic heterocycles. The molecule has 1 aliphatic heterocycles. The maximum atomic E-state index is 7.19. The van der Waals surface area contributed by atoms with Crippen LogP contribution in [0.5, 0.6) is 0 Å². The Hall–Kier alpha value is -4.60. The smallest absolute Gasteiger partial charge is 0.156 e. The monoisotopic (exact) mass is 479 g/mol. The fraction of sp³-hybridized carbons (Fsp3) is 0.0588. The molecule has 0 fully saturated rings. The SMILES string of the molecule is c1ccc(-c2occ3ccc([C@@H]4Nc5ccccc5C(c5ccccc5)(c5ccccc5)O4)cc23)cc1. The van der Waals surface area contributed by atoms with E-state index in [1.807, 2.05) is 36.6 Å². The first-order valence-electron chi connectivity index (χ1n) is 12.5. The minimum Gasteiger partial charge on any atom is -0.463 e. The van der Waals surface area contributed by atoms with Crippen molar-refractivity contribution < 1.29 is 9.15 Å². The van der Waals surface area contributed by atoms with Crippen LogP contribution < -0.4 is 5.32 Å². The Bertz CT molecular complexity index is 1630. The Kier molecular flexibility index (Phi) is 5.16. The van der Waals surface area contributed by atoms with Crippen molar-refractivity contribution in [3.05, 3.63) is 162 Å². The summed E-state index contributed by atoms with van der Waals surface area (Å²) in [5, 5.41) is 5.80. The maximum absolute atomic E-state index is 7.19. The number of nitrogens with one attached hydrogen (secondary N) is 1. The van der Waals surface area contributed by atoms with Gasteiger partial charge in [-0.1, -0.05) is 121 Å². The maximum Gasteiger partial charge on any atom is 0.156 e. The van der Waals surface area contributed by atoms with Crippen molar-refractivity contribution in [2.45, 2.75) is 11.8 Å². The zero-order chi connectivity index (χ0) is 24.7. The van der Waals surface area contributed by atoms with Crippen LogP contribution in [0.25, 0.3) is 22.1 Å². The molecule has 6 aromatic rings. The number of hydrogen-bond acceptors (Lipinski definition) is 3. The average molecular weight is 480 g/mol. The Morgan fingerprint density at radius 1 is 0.622 bits per heavy atom. The van der Waals surface area contributed by atoms with Crippen LogP contribution in [0.2, 0.25) is 0 Å². The molecule has 0 amide bonds. The number of rotatable bonds is 4. The first-order valence-corrected chi connectivity index (χ1v) is 12.5. The summed E-state index contributed by atoms with van der Waals surface area (Å²) in [5.41, 5.74) is 5.66. The molecule has 178 valence electrons. The quantitative estimate of drug-likeness (QED) is 0.275. The van der Waals surface area contributed by atoms with Gasteiger partial charge in [0.15, 0.2) is 6.23 Å². The summed E-state index contributed by atoms with van der Waals surface area (Å²) in [6.45, 7) is 0. The van der Waals surface area contributed by atoms with Crippen molar-refractivity contribution in [3.63, 3.8) is 0 Å². The highest BCUT2D eigenvalue weighted by Gasteiger charge is 2.45. The zero-order valence-electron chi connectivity index (χ0n) is 20.2. The van der Waals surface area contributed by atoms with Crippen molar-refractivity contribution in [1.82, 2.24) is 0 Å². The Labute approximate surface area is 216 Å². The van der Waals surface area contributed by atoms with Gasteiger partial charge in [0.1, 0.15) is 11.4 Å². The van der Waals surface area contributed by atoms with E-state index in [2.05, 4.69) is 108 Å². The molecule has 1 aliphatic rings. The number of hydrogen-bond donors (Lipinski definition) is 1. The molecule has 0 aliphatic carbocycles. The van der Waals surface area contributed by atoms with Gasteiger partial charge in [-0.3, -0.25) is 0 Å². The molecule has 5 aromatic carbocycles. The van der Waals surface area contributed by atoms with Gasteiger partial charge in [-0.05, 0) is 23.3 Å². The van der Waals surface area contributed by atoms with E-state index in [1.165, 1.54) is 0 Å². The molecule has 7 rings (SSSR count). The normalized spacial score (nSPS) is 16.2. The van der Waals surface area contributed by atoms with Crippen molar-refractivity contribution in [3.8, 4) is 11.3 Å². The van der Waals surface area contributed by atoms with Crippen molar-refractivity contribution in [2.24, 2.45) is 0 Å². The predicted molar refractivity (Wildman–Crippen MR) is 148 cm³/mol. The highest BCUT2D eigenvalue weighted by Crippen LogP contribution is 2.50. The van der Waals surface area contributed by atoms with Gasteiger partial charge in [0.2, 0.25) is 0 Å². The Morgan fingerprint density at radius 2 is 1.24 bits per heavy atom. The van der Waals surface area contributed by atoms with Gasteiger partial charge in [-0.25, -0.2) is 0 Å². The minimum atomic E-state index is -0.775. The minimum absolute atomic E-state index is 0.377. The zero-order valence-corrected chi connectivity index (χ0v) is 20.2. The van der Waals surface area contributed by atoms with Crippen LogP contribution in [0.1, 0.15) is 28.5 Å². The van der Waals surface area contributed by atoms with Crippen molar-refractivity contribution in [1.29, 1.82) is 0 Å². The lowest BCUT2D eigenvalue weighted by atomic mass is 9.78. The lowest BCUT2D eigenvalue weighted by Gasteiger charge is -2.44. The fourth-order valence-electron chi connectivity index (χ4n) is 5.47. The van der Waals surface area contributed by atoms with Gasteiger partial charge >= 0.3 is 0 Å². The van der Waals surface area contributed by atoms with Crippen LogP contribution in [0.4, 0.5) is 5.69 Å². The van der Waals surface area contributed by atoms with E-state index in [4.69, 9.17) is 9.15 Å². The van der Waals surface area contributed by atoms with E-state index < -0.39 is 5.60 Å². The summed E-state index contributed by atoms with van der Waals surface area (Å²) < 4.78 is 13.2. The van der Waals surface area contributed by atoms with E-state index in [1.54, 1.807) is 0 Å². The lowest BCUT2D eigenvalue weighted by molar-refractivity contribution is -0.0431. The van der Waals surface area contributed by atoms with Crippen LogP contribution in [0, 0.1) is 0 Å². The molecule has 0 spiro atoms. The Balaban J connectivity index is 1.42. The number of para-hydroxylation sites is 1. The van der Waals surface area contributed by atoms with Crippen LogP contribution in [0.15, 0.2) is 144 Å². The van der Waals surface area contributed by atoms with Gasteiger partial charge in [-0.15, -0.1) is 0 Å². The molecule has 0 saturated carbocycles. The molecule has 0 bridgehead atoms. The number of ether oxygens (including phenoxy) is 1. The highest BCUT2D eigenvalue weighted by molar-refractivity contribution is 5.94. The molecule has 3 heteroatoms. The van der Waals surface area contributed by atoms with Crippen molar-refractivity contribution in [2.75, 3.05) is 5.32 Å². The third-order valence-electron chi connectivity index (χ3n) is 7.21. The third kappa shape index (κ3) is 3.55. The second kappa shape index (κ2) is 8.81. The van der Waals surface area contributed by atoms with Gasteiger partial charge in [-0.2, -0.15) is 0 Å². The number of furan rings is 1. The summed E-state index contributed by atoms with van der Waals surface area (Å²) in [6.07, 6.45) is 1.45. The molecule has 37 heavy (non-hydrogen) atoms. The van der Waals surface area contributed by atoms with Crippen LogP contribution >= 0.6 is 0 Å². The molecule has 2 heterocycles. The Morgan fingerprint density at radius 3 is 1.95 bits per heavy atom.